The van der Waals surface area contributed by atoms with E-state index in [9.17, 15) is 0 Å². The third-order valence-electron chi connectivity index (χ3n) is 7.78. The summed E-state index contributed by atoms with van der Waals surface area (Å²) < 4.78 is 1.30. The minimum absolute atomic E-state index is 0.318. The minimum Gasteiger partial charge on any atom is -0.356 e. The molecule has 0 amide bonds. The largest absolute Gasteiger partial charge is 0.356 e. The zero-order valence-corrected chi connectivity index (χ0v) is 18.5. The smallest absolute Gasteiger partial charge is 0.184 e. The average molecular weight is 403 g/mol. The number of hydrogen-bond acceptors (Lipinski definition) is 3. The molecule has 3 aromatic rings. The van der Waals surface area contributed by atoms with Crippen molar-refractivity contribution in [1.82, 2.24) is 4.98 Å². The van der Waals surface area contributed by atoms with Crippen molar-refractivity contribution in [2.75, 3.05) is 5.32 Å². The number of nitrogens with one attached hydrogen (secondary N) is 1. The fraction of sp³-hybridized carbons (Fsp3) is 0.500. The van der Waals surface area contributed by atoms with E-state index in [2.05, 4.69) is 56.4 Å². The highest BCUT2D eigenvalue weighted by Crippen LogP contribution is 2.57. The maximum atomic E-state index is 5.18. The van der Waals surface area contributed by atoms with E-state index in [4.69, 9.17) is 4.98 Å². The lowest BCUT2D eigenvalue weighted by Gasteiger charge is -2.56. The van der Waals surface area contributed by atoms with Gasteiger partial charge in [0.05, 0.1) is 10.2 Å². The monoisotopic (exact) mass is 402 g/mol. The van der Waals surface area contributed by atoms with Crippen LogP contribution in [0.15, 0.2) is 30.3 Å². The van der Waals surface area contributed by atoms with Gasteiger partial charge in [0.2, 0.25) is 0 Å². The van der Waals surface area contributed by atoms with E-state index in [0.717, 1.165) is 22.9 Å². The molecule has 0 spiro atoms. The lowest BCUT2D eigenvalue weighted by molar-refractivity contribution is 0.0107. The van der Waals surface area contributed by atoms with Crippen LogP contribution in [-0.2, 0) is 0 Å². The third-order valence-corrected chi connectivity index (χ3v) is 8.71. The number of thiazole rings is 1. The van der Waals surface area contributed by atoms with E-state index in [-0.39, 0.29) is 0 Å². The molecule has 0 atom stereocenters. The van der Waals surface area contributed by atoms with Gasteiger partial charge in [-0.2, -0.15) is 0 Å². The maximum Gasteiger partial charge on any atom is 0.184 e. The molecule has 0 radical (unpaired) electrons. The zero-order valence-electron chi connectivity index (χ0n) is 17.7. The number of aryl methyl sites for hydroxylation is 3. The Kier molecular flexibility index (Phi) is 3.91. The van der Waals surface area contributed by atoms with Crippen molar-refractivity contribution < 1.29 is 0 Å². The van der Waals surface area contributed by atoms with E-state index in [1.807, 2.05) is 11.3 Å². The minimum atomic E-state index is 0.318. The van der Waals surface area contributed by atoms with Crippen molar-refractivity contribution in [3.8, 4) is 11.1 Å². The van der Waals surface area contributed by atoms with Gasteiger partial charge in [0.25, 0.3) is 0 Å². The van der Waals surface area contributed by atoms with Gasteiger partial charge < -0.3 is 5.32 Å². The van der Waals surface area contributed by atoms with E-state index in [1.165, 1.54) is 76.6 Å². The molecular weight excluding hydrogens is 372 g/mol. The first-order valence-corrected chi connectivity index (χ1v) is 12.1. The number of benzene rings is 2. The summed E-state index contributed by atoms with van der Waals surface area (Å²) >= 11 is 1.85. The number of rotatable bonds is 3. The Balaban J connectivity index is 1.40. The quantitative estimate of drug-likeness (QED) is 0.498. The van der Waals surface area contributed by atoms with Crippen LogP contribution in [0.5, 0.6) is 0 Å². The Morgan fingerprint density at radius 1 is 0.931 bits per heavy atom. The van der Waals surface area contributed by atoms with Gasteiger partial charge in [-0.25, -0.2) is 4.98 Å². The Morgan fingerprint density at radius 2 is 1.55 bits per heavy atom. The molecule has 7 rings (SSSR count). The molecule has 4 saturated carbocycles. The molecule has 0 saturated heterocycles. The van der Waals surface area contributed by atoms with Gasteiger partial charge in [0.15, 0.2) is 5.13 Å². The molecule has 3 heteroatoms. The molecule has 150 valence electrons. The van der Waals surface area contributed by atoms with Crippen molar-refractivity contribution in [2.24, 2.45) is 17.8 Å². The number of anilines is 1. The van der Waals surface area contributed by atoms with Crippen molar-refractivity contribution in [2.45, 2.75) is 64.8 Å². The van der Waals surface area contributed by atoms with Crippen LogP contribution in [0.1, 0.15) is 55.2 Å². The highest BCUT2D eigenvalue weighted by atomic mass is 32.1. The summed E-state index contributed by atoms with van der Waals surface area (Å²) in [5, 5.41) is 5.14. The topological polar surface area (TPSA) is 24.9 Å². The first-order chi connectivity index (χ1) is 14.0. The average Bonchev–Trinajstić information content (AvgIpc) is 3.02. The SMILES string of the molecule is Cc1cc(C)c(-c2cccc3sc(NC45CC6CC(CC(C6)C4)C5)nc23)c(C)c1. The molecule has 1 heterocycles. The molecule has 2 aromatic carbocycles. The molecule has 0 unspecified atom stereocenters. The highest BCUT2D eigenvalue weighted by Gasteiger charge is 2.51. The summed E-state index contributed by atoms with van der Waals surface area (Å²) in [6.07, 6.45) is 8.53. The van der Waals surface area contributed by atoms with Crippen LogP contribution in [0, 0.1) is 38.5 Å². The lowest BCUT2D eigenvalue weighted by Crippen LogP contribution is -2.54. The van der Waals surface area contributed by atoms with Gasteiger partial charge in [-0.1, -0.05) is 41.2 Å². The van der Waals surface area contributed by atoms with Gasteiger partial charge in [-0.15, -0.1) is 0 Å². The molecule has 4 fully saturated rings. The van der Waals surface area contributed by atoms with Crippen LogP contribution >= 0.6 is 11.3 Å². The Labute approximate surface area is 177 Å². The number of nitrogens with zero attached hydrogens (tertiary/aromatic N) is 1. The molecule has 4 aliphatic rings. The summed E-state index contributed by atoms with van der Waals surface area (Å²) in [5.41, 5.74) is 8.15. The number of hydrogen-bond donors (Lipinski definition) is 1. The van der Waals surface area contributed by atoms with Gasteiger partial charge in [0, 0.05) is 11.1 Å². The van der Waals surface area contributed by atoms with Gasteiger partial charge in [0.1, 0.15) is 0 Å². The Morgan fingerprint density at radius 3 is 2.17 bits per heavy atom. The van der Waals surface area contributed by atoms with Crippen LogP contribution in [0.25, 0.3) is 21.3 Å². The molecule has 29 heavy (non-hydrogen) atoms. The Bertz CT molecular complexity index is 1050. The third kappa shape index (κ3) is 2.92. The van der Waals surface area contributed by atoms with Crippen LogP contribution in [-0.4, -0.2) is 10.5 Å². The summed E-state index contributed by atoms with van der Waals surface area (Å²) in [6.45, 7) is 6.64. The predicted octanol–water partition coefficient (Wildman–Crippen LogP) is 7.27. The van der Waals surface area contributed by atoms with Crippen molar-refractivity contribution >= 4 is 26.7 Å². The highest BCUT2D eigenvalue weighted by molar-refractivity contribution is 7.22. The standard InChI is InChI=1S/C26H30N2S/c1-15-7-16(2)23(17(3)8-15)21-5-4-6-22-24(21)27-25(29-22)28-26-12-18-9-19(13-26)11-20(10-18)14-26/h4-8,18-20H,9-14H2,1-3H3,(H,27,28). The van der Waals surface area contributed by atoms with Crippen molar-refractivity contribution in [3.63, 3.8) is 0 Å². The van der Waals surface area contributed by atoms with Gasteiger partial charge in [-0.3, -0.25) is 0 Å². The van der Waals surface area contributed by atoms with Crippen LogP contribution in [0.2, 0.25) is 0 Å². The molecule has 1 aromatic heterocycles. The van der Waals surface area contributed by atoms with E-state index in [1.54, 1.807) is 0 Å². The lowest BCUT2D eigenvalue weighted by atomic mass is 9.53. The van der Waals surface area contributed by atoms with Crippen molar-refractivity contribution in [3.05, 3.63) is 47.0 Å². The molecule has 2 nitrogen and oxygen atoms in total. The Hall–Kier alpha value is -1.87. The maximum absolute atomic E-state index is 5.18. The second-order valence-corrected chi connectivity index (χ2v) is 11.3. The summed E-state index contributed by atoms with van der Waals surface area (Å²) in [5.74, 6) is 2.87. The van der Waals surface area contributed by atoms with Crippen LogP contribution in [0.3, 0.4) is 0 Å². The first kappa shape index (κ1) is 17.9. The summed E-state index contributed by atoms with van der Waals surface area (Å²) in [6, 6.07) is 11.3. The summed E-state index contributed by atoms with van der Waals surface area (Å²) in [4.78, 5) is 5.18. The van der Waals surface area contributed by atoms with E-state index >= 15 is 0 Å². The number of fused-ring (bicyclic) bond motifs is 1. The normalized spacial score (nSPS) is 30.2. The van der Waals surface area contributed by atoms with Gasteiger partial charge in [-0.05, 0) is 99.8 Å². The first-order valence-electron chi connectivity index (χ1n) is 11.2. The fourth-order valence-corrected chi connectivity index (χ4v) is 8.31. The number of para-hydroxylation sites is 1. The molecular formula is C26H30N2S. The van der Waals surface area contributed by atoms with Crippen LogP contribution < -0.4 is 5.32 Å². The van der Waals surface area contributed by atoms with E-state index in [0.29, 0.717) is 5.54 Å². The zero-order chi connectivity index (χ0) is 19.8. The van der Waals surface area contributed by atoms with Gasteiger partial charge >= 0.3 is 0 Å². The summed E-state index contributed by atoms with van der Waals surface area (Å²) in [7, 11) is 0. The molecule has 4 bridgehead atoms. The fourth-order valence-electron chi connectivity index (χ4n) is 7.30. The molecule has 4 aliphatic carbocycles. The molecule has 1 N–H and O–H groups in total. The second-order valence-electron chi connectivity index (χ2n) is 10.3. The van der Waals surface area contributed by atoms with E-state index < -0.39 is 0 Å². The number of aromatic nitrogens is 1. The van der Waals surface area contributed by atoms with Crippen molar-refractivity contribution in [1.29, 1.82) is 0 Å². The predicted molar refractivity (Wildman–Crippen MR) is 124 cm³/mol. The second kappa shape index (κ2) is 6.31. The van der Waals surface area contributed by atoms with Crippen LogP contribution in [0.4, 0.5) is 5.13 Å². The molecule has 0 aliphatic heterocycles.